The lowest BCUT2D eigenvalue weighted by Crippen LogP contribution is -2.41. The van der Waals surface area contributed by atoms with Gasteiger partial charge in [0.25, 0.3) is 5.91 Å². The number of nitrogens with one attached hydrogen (secondary N) is 1. The van der Waals surface area contributed by atoms with Gasteiger partial charge in [-0.05, 0) is 32.0 Å². The number of fused-ring (bicyclic) bond motifs is 2. The first-order valence-corrected chi connectivity index (χ1v) is 10.2. The molecule has 4 aromatic heterocycles. The molecule has 1 amide bonds. The minimum atomic E-state index is -5.01. The number of carbonyl (C=O) groups is 1. The number of hydrogen-bond acceptors (Lipinski definition) is 6. The molecule has 1 aliphatic rings. The van der Waals surface area contributed by atoms with Gasteiger partial charge in [-0.1, -0.05) is 0 Å². The number of carbonyl (C=O) groups excluding carboxylic acids is 1. The molecule has 0 aliphatic carbocycles. The minimum absolute atomic E-state index is 0.00486. The highest BCUT2D eigenvalue weighted by atomic mass is 19.4. The Labute approximate surface area is 189 Å². The van der Waals surface area contributed by atoms with E-state index in [1.54, 1.807) is 0 Å². The quantitative estimate of drug-likeness (QED) is 0.438. The molecule has 5 rings (SSSR count). The van der Waals surface area contributed by atoms with Crippen LogP contribution in [0.5, 0.6) is 0 Å². The van der Waals surface area contributed by atoms with Gasteiger partial charge in [-0.2, -0.15) is 18.3 Å². The number of oxazole rings is 1. The fourth-order valence-corrected chi connectivity index (χ4v) is 3.98. The number of imidazole rings is 1. The Hall–Kier alpha value is -3.74. The lowest BCUT2D eigenvalue weighted by Gasteiger charge is -2.33. The molecule has 1 atom stereocenters. The largest absolute Gasteiger partial charge is 0.437 e. The highest BCUT2D eigenvalue weighted by molar-refractivity contribution is 5.93. The first kappa shape index (κ1) is 22.1. The number of hydrogen-bond donors (Lipinski definition) is 2. The van der Waals surface area contributed by atoms with E-state index < -0.39 is 46.9 Å². The molecule has 0 saturated heterocycles. The van der Waals surface area contributed by atoms with E-state index in [2.05, 4.69) is 20.1 Å². The van der Waals surface area contributed by atoms with Crippen LogP contribution in [0.25, 0.3) is 5.52 Å². The van der Waals surface area contributed by atoms with Crippen molar-refractivity contribution in [2.24, 2.45) is 0 Å². The zero-order valence-electron chi connectivity index (χ0n) is 17.9. The summed E-state index contributed by atoms with van der Waals surface area (Å²) in [6.45, 7) is 2.39. The molecule has 2 N–H and O–H groups in total. The summed E-state index contributed by atoms with van der Waals surface area (Å²) in [6.07, 6.45) is -1.81. The summed E-state index contributed by atoms with van der Waals surface area (Å²) < 4.78 is 61.9. The molecule has 13 heteroatoms. The number of pyridine rings is 1. The maximum Gasteiger partial charge on any atom is 0.437 e. The summed E-state index contributed by atoms with van der Waals surface area (Å²) in [7, 11) is 0. The van der Waals surface area contributed by atoms with Gasteiger partial charge in [-0.15, -0.1) is 0 Å². The molecule has 0 aromatic carbocycles. The molecule has 0 radical (unpaired) electrons. The molecule has 5 heterocycles. The van der Waals surface area contributed by atoms with Gasteiger partial charge in [0.2, 0.25) is 11.7 Å². The van der Waals surface area contributed by atoms with Crippen molar-refractivity contribution >= 4 is 11.4 Å². The van der Waals surface area contributed by atoms with E-state index in [-0.39, 0.29) is 24.2 Å². The molecule has 34 heavy (non-hydrogen) atoms. The number of nitrogens with zero attached hydrogens (tertiary/aromatic N) is 5. The van der Waals surface area contributed by atoms with Crippen LogP contribution in [-0.2, 0) is 18.2 Å². The van der Waals surface area contributed by atoms with E-state index in [4.69, 9.17) is 4.42 Å². The van der Waals surface area contributed by atoms with Gasteiger partial charge < -0.3 is 19.4 Å². The van der Waals surface area contributed by atoms with E-state index in [9.17, 15) is 27.5 Å². The number of amides is 1. The number of aliphatic hydroxyl groups is 1. The summed E-state index contributed by atoms with van der Waals surface area (Å²) in [6, 6.07) is 3.09. The minimum Gasteiger partial charge on any atom is -0.432 e. The Bertz CT molecular complexity index is 1400. The van der Waals surface area contributed by atoms with Gasteiger partial charge in [-0.3, -0.25) is 4.79 Å². The molecule has 0 bridgehead atoms. The monoisotopic (exact) mass is 478 g/mol. The van der Waals surface area contributed by atoms with Crippen LogP contribution in [-0.4, -0.2) is 47.0 Å². The fraction of sp³-hybridized carbons (Fsp3) is 0.333. The molecule has 4 aromatic rings. The molecule has 0 spiro atoms. The third-order valence-corrected chi connectivity index (χ3v) is 5.55. The van der Waals surface area contributed by atoms with Crippen LogP contribution in [0.2, 0.25) is 0 Å². The van der Waals surface area contributed by atoms with E-state index in [0.29, 0.717) is 11.4 Å². The van der Waals surface area contributed by atoms with Crippen LogP contribution in [0.4, 0.5) is 17.6 Å². The highest BCUT2D eigenvalue weighted by Gasteiger charge is 2.46. The summed E-state index contributed by atoms with van der Waals surface area (Å²) in [4.78, 5) is 25.2. The summed E-state index contributed by atoms with van der Waals surface area (Å²) in [5.74, 6) is -3.36. The second kappa shape index (κ2) is 7.38. The van der Waals surface area contributed by atoms with Gasteiger partial charge in [-0.25, -0.2) is 18.9 Å². The Morgan fingerprint density at radius 2 is 2.09 bits per heavy atom. The van der Waals surface area contributed by atoms with Gasteiger partial charge in [0, 0.05) is 24.9 Å². The topological polar surface area (TPSA) is 113 Å². The van der Waals surface area contributed by atoms with E-state index >= 15 is 0 Å². The van der Waals surface area contributed by atoms with E-state index in [0.717, 1.165) is 4.90 Å². The number of halogens is 4. The zero-order valence-corrected chi connectivity index (χ0v) is 17.9. The average molecular weight is 478 g/mol. The molecule has 178 valence electrons. The molecule has 1 aliphatic heterocycles. The Morgan fingerprint density at radius 1 is 1.32 bits per heavy atom. The molecule has 9 nitrogen and oxygen atoms in total. The lowest BCUT2D eigenvalue weighted by atomic mass is 9.99. The molecule has 0 saturated carbocycles. The smallest absolute Gasteiger partial charge is 0.432 e. The first-order chi connectivity index (χ1) is 15.9. The highest BCUT2D eigenvalue weighted by Crippen LogP contribution is 2.38. The summed E-state index contributed by atoms with van der Waals surface area (Å²) in [5.41, 5.74) is -2.00. The van der Waals surface area contributed by atoms with Crippen molar-refractivity contribution in [3.8, 4) is 0 Å². The van der Waals surface area contributed by atoms with Crippen molar-refractivity contribution < 1.29 is 31.9 Å². The number of H-pyrrole nitrogens is 1. The molecular formula is C21H18F4N6O3. The van der Waals surface area contributed by atoms with Crippen molar-refractivity contribution in [3.05, 3.63) is 71.0 Å². The fourth-order valence-electron chi connectivity index (χ4n) is 3.98. The number of aromatic amines is 1. The third-order valence-electron chi connectivity index (χ3n) is 5.55. The number of alkyl halides is 3. The van der Waals surface area contributed by atoms with Gasteiger partial charge in [0.15, 0.2) is 5.69 Å². The summed E-state index contributed by atoms with van der Waals surface area (Å²) in [5, 5.41) is 14.5. The van der Waals surface area contributed by atoms with Gasteiger partial charge in [0.1, 0.15) is 23.0 Å². The molecule has 0 fully saturated rings. The maximum atomic E-state index is 14.3. The third kappa shape index (κ3) is 3.52. The van der Waals surface area contributed by atoms with Crippen molar-refractivity contribution in [3.63, 3.8) is 0 Å². The molecule has 0 unspecified atom stereocenters. The number of aromatic nitrogens is 5. The normalized spacial score (nSPS) is 16.8. The molecular weight excluding hydrogens is 460 g/mol. The second-order valence-corrected chi connectivity index (χ2v) is 8.43. The average Bonchev–Trinajstić information content (AvgIpc) is 3.48. The number of rotatable bonds is 3. The van der Waals surface area contributed by atoms with Crippen LogP contribution >= 0.6 is 0 Å². The van der Waals surface area contributed by atoms with E-state index in [1.807, 2.05) is 0 Å². The Balaban J connectivity index is 1.65. The van der Waals surface area contributed by atoms with Gasteiger partial charge >= 0.3 is 6.18 Å². The van der Waals surface area contributed by atoms with Crippen LogP contribution < -0.4 is 0 Å². The maximum absolute atomic E-state index is 14.3. The SMILES string of the molecule is CC(C)(O)c1nc(C(F)(F)F)c(C(=O)N2CCc3[nH]cnc3[C@@H]2c2cc3c(F)cccn3n2)o1. The van der Waals surface area contributed by atoms with Crippen LogP contribution in [0.1, 0.15) is 59.1 Å². The first-order valence-electron chi connectivity index (χ1n) is 10.2. The Morgan fingerprint density at radius 3 is 2.76 bits per heavy atom. The predicted octanol–water partition coefficient (Wildman–Crippen LogP) is 3.22. The lowest BCUT2D eigenvalue weighted by molar-refractivity contribution is -0.141. The second-order valence-electron chi connectivity index (χ2n) is 8.43. The zero-order chi connectivity index (χ0) is 24.4. The van der Waals surface area contributed by atoms with Crippen LogP contribution in [0.15, 0.2) is 35.1 Å². The Kier molecular flexibility index (Phi) is 4.79. The van der Waals surface area contributed by atoms with Crippen molar-refractivity contribution in [2.75, 3.05) is 6.54 Å². The standard InChI is InChI=1S/C21H18F4N6O3/c1-20(2,33)19-28-17(21(23,24)25)16(34-19)18(32)30-7-5-11-14(27-9-26-11)15(30)12-8-13-10(22)4-3-6-31(13)29-12/h3-4,6,8-9,15,33H,5,7H2,1-2H3,(H,26,27)/t15-/m0/s1. The van der Waals surface area contributed by atoms with Gasteiger partial charge in [0.05, 0.1) is 17.7 Å². The van der Waals surface area contributed by atoms with Crippen molar-refractivity contribution in [2.45, 2.75) is 38.1 Å². The summed E-state index contributed by atoms with van der Waals surface area (Å²) >= 11 is 0. The van der Waals surface area contributed by atoms with E-state index in [1.165, 1.54) is 49.1 Å². The van der Waals surface area contributed by atoms with Crippen LogP contribution in [0.3, 0.4) is 0 Å². The predicted molar refractivity (Wildman–Crippen MR) is 107 cm³/mol. The van der Waals surface area contributed by atoms with Crippen molar-refractivity contribution in [1.82, 2.24) is 29.5 Å². The van der Waals surface area contributed by atoms with Crippen LogP contribution in [0, 0.1) is 5.82 Å². The van der Waals surface area contributed by atoms with Crippen molar-refractivity contribution in [1.29, 1.82) is 0 Å².